The quantitative estimate of drug-likeness (QED) is 0.522. The Bertz CT molecular complexity index is 1110. The van der Waals surface area contributed by atoms with Crippen molar-refractivity contribution in [3.05, 3.63) is 71.7 Å². The van der Waals surface area contributed by atoms with Crippen LogP contribution in [-0.4, -0.2) is 28.9 Å². The highest BCUT2D eigenvalue weighted by atomic mass is 32.1. The van der Waals surface area contributed by atoms with E-state index in [0.29, 0.717) is 6.54 Å². The van der Waals surface area contributed by atoms with Gasteiger partial charge in [0, 0.05) is 11.1 Å². The van der Waals surface area contributed by atoms with E-state index in [1.54, 1.807) is 11.3 Å². The lowest BCUT2D eigenvalue weighted by molar-refractivity contribution is -0.117. The minimum atomic E-state index is 0.0318. The smallest absolute Gasteiger partial charge is 0.238 e. The van der Waals surface area contributed by atoms with Gasteiger partial charge in [0.2, 0.25) is 5.91 Å². The molecule has 1 amide bonds. The fraction of sp³-hybridized carbons (Fsp3) is 0.217. The van der Waals surface area contributed by atoms with Gasteiger partial charge in [-0.25, -0.2) is 4.98 Å². The summed E-state index contributed by atoms with van der Waals surface area (Å²) in [5, 5.41) is 6.44. The predicted octanol–water partition coefficient (Wildman–Crippen LogP) is 5.23. The fourth-order valence-electron chi connectivity index (χ4n) is 4.04. The molecular weight excluding hydrogens is 366 g/mol. The van der Waals surface area contributed by atoms with Gasteiger partial charge in [-0.2, -0.15) is 0 Å². The number of hydrogen-bond donors (Lipinski definition) is 1. The first-order valence-corrected chi connectivity index (χ1v) is 10.5. The van der Waals surface area contributed by atoms with Crippen LogP contribution in [0.2, 0.25) is 0 Å². The maximum absolute atomic E-state index is 12.8. The number of benzene rings is 3. The summed E-state index contributed by atoms with van der Waals surface area (Å²) in [4.78, 5) is 19.9. The molecule has 3 aromatic carbocycles. The zero-order valence-corrected chi connectivity index (χ0v) is 16.3. The van der Waals surface area contributed by atoms with Crippen molar-refractivity contribution in [2.75, 3.05) is 18.4 Å². The van der Waals surface area contributed by atoms with Gasteiger partial charge in [0.25, 0.3) is 0 Å². The molecule has 1 saturated heterocycles. The second-order valence-corrected chi connectivity index (χ2v) is 8.29. The van der Waals surface area contributed by atoms with E-state index in [0.717, 1.165) is 46.4 Å². The van der Waals surface area contributed by atoms with E-state index in [-0.39, 0.29) is 11.9 Å². The number of nitrogens with one attached hydrogen (secondary N) is 1. The van der Waals surface area contributed by atoms with E-state index in [1.165, 1.54) is 4.70 Å². The number of aromatic nitrogens is 1. The molecule has 1 fully saturated rings. The third-order valence-electron chi connectivity index (χ3n) is 5.37. The number of nitrogens with zero attached hydrogens (tertiary/aromatic N) is 2. The molecule has 1 aliphatic heterocycles. The van der Waals surface area contributed by atoms with Crippen LogP contribution >= 0.6 is 11.3 Å². The summed E-state index contributed by atoms with van der Waals surface area (Å²) in [6.07, 6.45) is 2.16. The van der Waals surface area contributed by atoms with E-state index in [2.05, 4.69) is 34.5 Å². The number of fused-ring (bicyclic) bond motifs is 2. The van der Waals surface area contributed by atoms with Crippen LogP contribution in [-0.2, 0) is 4.79 Å². The first-order chi connectivity index (χ1) is 13.8. The van der Waals surface area contributed by atoms with E-state index in [1.807, 2.05) is 42.5 Å². The molecule has 1 aromatic heterocycles. The van der Waals surface area contributed by atoms with Crippen LogP contribution in [0.25, 0.3) is 21.0 Å². The van der Waals surface area contributed by atoms with Crippen LogP contribution < -0.4 is 5.32 Å². The average molecular weight is 388 g/mol. The lowest BCUT2D eigenvalue weighted by atomic mass is 10.1. The predicted molar refractivity (Wildman–Crippen MR) is 116 cm³/mol. The number of amides is 1. The standard InChI is InChI=1S/C23H21N3OS/c27-22(24-18-11-5-8-16-7-1-2-9-17(16)18)15-26-14-6-12-20(26)23-25-19-10-3-4-13-21(19)28-23/h1-5,7-11,13,20H,6,12,14-15H2,(H,24,27). The molecule has 5 heteroatoms. The van der Waals surface area contributed by atoms with E-state index >= 15 is 0 Å². The average Bonchev–Trinajstić information content (AvgIpc) is 3.34. The second-order valence-electron chi connectivity index (χ2n) is 7.22. The molecule has 0 spiro atoms. The maximum atomic E-state index is 12.8. The monoisotopic (exact) mass is 387 g/mol. The van der Waals surface area contributed by atoms with Crippen LogP contribution in [0.5, 0.6) is 0 Å². The van der Waals surface area contributed by atoms with Gasteiger partial charge in [0.15, 0.2) is 0 Å². The summed E-state index contributed by atoms with van der Waals surface area (Å²) in [6.45, 7) is 1.33. The van der Waals surface area contributed by atoms with Crippen molar-refractivity contribution >= 4 is 43.9 Å². The molecule has 5 rings (SSSR count). The highest BCUT2D eigenvalue weighted by molar-refractivity contribution is 7.18. The molecule has 1 aliphatic rings. The SMILES string of the molecule is O=C(CN1CCCC1c1nc2ccccc2s1)Nc1cccc2ccccc12. The number of carbonyl (C=O) groups is 1. The van der Waals surface area contributed by atoms with Gasteiger partial charge in [0.05, 0.1) is 22.8 Å². The Labute approximate surface area is 167 Å². The largest absolute Gasteiger partial charge is 0.324 e. The number of thiazole rings is 1. The number of hydrogen-bond acceptors (Lipinski definition) is 4. The molecule has 1 N–H and O–H groups in total. The van der Waals surface area contributed by atoms with E-state index in [4.69, 9.17) is 4.98 Å². The second kappa shape index (κ2) is 7.34. The molecular formula is C23H21N3OS. The van der Waals surface area contributed by atoms with Crippen LogP contribution in [0.1, 0.15) is 23.9 Å². The molecule has 0 bridgehead atoms. The van der Waals surface area contributed by atoms with Crippen LogP contribution in [0.15, 0.2) is 66.7 Å². The van der Waals surface area contributed by atoms with Crippen molar-refractivity contribution in [3.8, 4) is 0 Å². The Hall–Kier alpha value is -2.76. The van der Waals surface area contributed by atoms with Crippen molar-refractivity contribution < 1.29 is 4.79 Å². The summed E-state index contributed by atoms with van der Waals surface area (Å²) in [5.74, 6) is 0.0318. The number of rotatable bonds is 4. The topological polar surface area (TPSA) is 45.2 Å². The Kier molecular flexibility index (Phi) is 4.55. The zero-order chi connectivity index (χ0) is 18.9. The van der Waals surface area contributed by atoms with Crippen LogP contribution in [0.4, 0.5) is 5.69 Å². The molecule has 1 unspecified atom stereocenters. The first-order valence-electron chi connectivity index (χ1n) is 9.65. The van der Waals surface area contributed by atoms with Gasteiger partial charge >= 0.3 is 0 Å². The Balaban J connectivity index is 1.34. The normalized spacial score (nSPS) is 17.4. The third kappa shape index (κ3) is 3.28. The van der Waals surface area contributed by atoms with E-state index < -0.39 is 0 Å². The van der Waals surface area contributed by atoms with Crippen molar-refractivity contribution in [1.29, 1.82) is 0 Å². The highest BCUT2D eigenvalue weighted by Crippen LogP contribution is 2.36. The minimum absolute atomic E-state index is 0.0318. The zero-order valence-electron chi connectivity index (χ0n) is 15.5. The summed E-state index contributed by atoms with van der Waals surface area (Å²) in [6, 6.07) is 22.6. The Morgan fingerprint density at radius 3 is 2.82 bits per heavy atom. The molecule has 140 valence electrons. The fourth-order valence-corrected chi connectivity index (χ4v) is 5.17. The minimum Gasteiger partial charge on any atom is -0.324 e. The molecule has 28 heavy (non-hydrogen) atoms. The Morgan fingerprint density at radius 2 is 1.89 bits per heavy atom. The summed E-state index contributed by atoms with van der Waals surface area (Å²) >= 11 is 1.75. The molecule has 1 atom stereocenters. The van der Waals surface area contributed by atoms with Gasteiger partial charge in [0.1, 0.15) is 5.01 Å². The lowest BCUT2D eigenvalue weighted by Gasteiger charge is -2.22. The van der Waals surface area contributed by atoms with Crippen LogP contribution in [0.3, 0.4) is 0 Å². The van der Waals surface area contributed by atoms with Crippen LogP contribution in [0, 0.1) is 0 Å². The number of para-hydroxylation sites is 1. The summed E-state index contributed by atoms with van der Waals surface area (Å²) < 4.78 is 1.21. The van der Waals surface area contributed by atoms with Crippen molar-refractivity contribution in [1.82, 2.24) is 9.88 Å². The van der Waals surface area contributed by atoms with Gasteiger partial charge in [-0.1, -0.05) is 48.5 Å². The first kappa shape index (κ1) is 17.3. The summed E-state index contributed by atoms with van der Waals surface area (Å²) in [7, 11) is 0. The van der Waals surface area contributed by atoms with Gasteiger partial charge in [-0.3, -0.25) is 9.69 Å². The molecule has 2 heterocycles. The van der Waals surface area contributed by atoms with Gasteiger partial charge < -0.3 is 5.32 Å². The third-order valence-corrected chi connectivity index (χ3v) is 6.51. The van der Waals surface area contributed by atoms with Crippen molar-refractivity contribution in [2.45, 2.75) is 18.9 Å². The van der Waals surface area contributed by atoms with Crippen molar-refractivity contribution in [2.24, 2.45) is 0 Å². The highest BCUT2D eigenvalue weighted by Gasteiger charge is 2.30. The number of anilines is 1. The molecule has 4 nitrogen and oxygen atoms in total. The molecule has 0 saturated carbocycles. The number of likely N-dealkylation sites (tertiary alicyclic amines) is 1. The molecule has 0 aliphatic carbocycles. The number of carbonyl (C=O) groups excluding carboxylic acids is 1. The lowest BCUT2D eigenvalue weighted by Crippen LogP contribution is -2.32. The molecule has 4 aromatic rings. The van der Waals surface area contributed by atoms with Gasteiger partial charge in [-0.05, 0) is 43.0 Å². The van der Waals surface area contributed by atoms with E-state index in [9.17, 15) is 4.79 Å². The Morgan fingerprint density at radius 1 is 1.07 bits per heavy atom. The molecule has 0 radical (unpaired) electrons. The van der Waals surface area contributed by atoms with Gasteiger partial charge in [-0.15, -0.1) is 11.3 Å². The maximum Gasteiger partial charge on any atom is 0.238 e. The summed E-state index contributed by atoms with van der Waals surface area (Å²) in [5.41, 5.74) is 1.92. The van der Waals surface area contributed by atoms with Crippen molar-refractivity contribution in [3.63, 3.8) is 0 Å².